The number of epoxide rings is 1. The maximum atomic E-state index is 11.4. The normalized spacial score (nSPS) is 17.1. The molecule has 9 heteroatoms. The molecule has 1 amide bonds. The SMILES string of the molecule is CN(C)C(=O)OCc1c(C2CO2)nc([N+](=O)[O-])n1C. The Balaban J connectivity index is 2.22. The van der Waals surface area contributed by atoms with Crippen molar-refractivity contribution in [3.8, 4) is 0 Å². The fraction of sp³-hybridized carbons (Fsp3) is 0.600. The number of imidazole rings is 1. The van der Waals surface area contributed by atoms with E-state index in [4.69, 9.17) is 9.47 Å². The van der Waals surface area contributed by atoms with Gasteiger partial charge in [0.25, 0.3) is 0 Å². The van der Waals surface area contributed by atoms with E-state index in [0.717, 1.165) is 0 Å². The number of hydrogen-bond donors (Lipinski definition) is 0. The molecule has 1 aliphatic heterocycles. The van der Waals surface area contributed by atoms with Crippen LogP contribution in [-0.4, -0.2) is 46.2 Å². The Labute approximate surface area is 108 Å². The molecular weight excluding hydrogens is 256 g/mol. The molecule has 1 atom stereocenters. The molecule has 1 aromatic rings. The summed E-state index contributed by atoms with van der Waals surface area (Å²) in [6.45, 7) is 0.395. The molecular formula is C10H14N4O5. The minimum Gasteiger partial charge on any atom is -0.441 e. The Bertz CT molecular complexity index is 520. The van der Waals surface area contributed by atoms with Gasteiger partial charge in [-0.15, -0.1) is 0 Å². The Kier molecular flexibility index (Phi) is 3.38. The predicted octanol–water partition coefficient (Wildman–Crippen LogP) is 0.598. The lowest BCUT2D eigenvalue weighted by Gasteiger charge is -2.10. The van der Waals surface area contributed by atoms with Gasteiger partial charge in [-0.3, -0.25) is 0 Å². The highest BCUT2D eigenvalue weighted by atomic mass is 16.6. The number of carbonyl (C=O) groups excluding carboxylic acids is 1. The molecule has 1 fully saturated rings. The summed E-state index contributed by atoms with van der Waals surface area (Å²) < 4.78 is 11.4. The Morgan fingerprint density at radius 2 is 2.32 bits per heavy atom. The van der Waals surface area contributed by atoms with E-state index in [0.29, 0.717) is 18.0 Å². The van der Waals surface area contributed by atoms with Gasteiger partial charge in [0.2, 0.25) is 0 Å². The van der Waals surface area contributed by atoms with Gasteiger partial charge in [-0.25, -0.2) is 9.36 Å². The minimum atomic E-state index is -0.580. The van der Waals surface area contributed by atoms with Gasteiger partial charge in [0.15, 0.2) is 18.0 Å². The zero-order chi connectivity index (χ0) is 14.2. The van der Waals surface area contributed by atoms with E-state index in [1.807, 2.05) is 0 Å². The molecule has 9 nitrogen and oxygen atoms in total. The smallest absolute Gasteiger partial charge is 0.435 e. The van der Waals surface area contributed by atoms with Crippen LogP contribution in [0.5, 0.6) is 0 Å². The fourth-order valence-corrected chi connectivity index (χ4v) is 1.60. The van der Waals surface area contributed by atoms with Crippen molar-refractivity contribution in [2.45, 2.75) is 12.7 Å². The number of ether oxygens (including phenoxy) is 2. The molecule has 1 aliphatic rings. The third kappa shape index (κ3) is 2.65. The Morgan fingerprint density at radius 1 is 1.68 bits per heavy atom. The van der Waals surface area contributed by atoms with Crippen LogP contribution in [-0.2, 0) is 23.1 Å². The number of aromatic nitrogens is 2. The molecule has 0 radical (unpaired) electrons. The average molecular weight is 270 g/mol. The number of nitro groups is 1. The van der Waals surface area contributed by atoms with Crippen molar-refractivity contribution in [3.05, 3.63) is 21.5 Å². The lowest BCUT2D eigenvalue weighted by atomic mass is 10.2. The van der Waals surface area contributed by atoms with Crippen LogP contribution in [0.1, 0.15) is 17.5 Å². The molecule has 0 aromatic carbocycles. The highest BCUT2D eigenvalue weighted by Crippen LogP contribution is 2.33. The maximum absolute atomic E-state index is 11.4. The van der Waals surface area contributed by atoms with Crippen molar-refractivity contribution in [3.63, 3.8) is 0 Å². The lowest BCUT2D eigenvalue weighted by Crippen LogP contribution is -2.23. The van der Waals surface area contributed by atoms with E-state index in [-0.39, 0.29) is 18.7 Å². The highest BCUT2D eigenvalue weighted by Gasteiger charge is 2.38. The summed E-state index contributed by atoms with van der Waals surface area (Å²) in [4.78, 5) is 26.8. The second-order valence-corrected chi connectivity index (χ2v) is 4.33. The molecule has 2 heterocycles. The first kappa shape index (κ1) is 13.3. The summed E-state index contributed by atoms with van der Waals surface area (Å²) in [5, 5.41) is 10.8. The van der Waals surface area contributed by atoms with Crippen LogP contribution >= 0.6 is 0 Å². The Hall–Kier alpha value is -2.16. The van der Waals surface area contributed by atoms with E-state index in [2.05, 4.69) is 4.98 Å². The molecule has 0 saturated carbocycles. The van der Waals surface area contributed by atoms with Crippen LogP contribution in [0.15, 0.2) is 0 Å². The van der Waals surface area contributed by atoms with Crippen molar-refractivity contribution < 1.29 is 19.2 Å². The first-order valence-electron chi connectivity index (χ1n) is 5.57. The molecule has 0 spiro atoms. The summed E-state index contributed by atoms with van der Waals surface area (Å²) in [6, 6.07) is 0. The summed E-state index contributed by atoms with van der Waals surface area (Å²) in [5.74, 6) is -0.290. The second kappa shape index (κ2) is 4.84. The molecule has 1 unspecified atom stereocenters. The van der Waals surface area contributed by atoms with Gasteiger partial charge in [-0.2, -0.15) is 0 Å². The first-order valence-corrected chi connectivity index (χ1v) is 5.57. The predicted molar refractivity (Wildman–Crippen MR) is 62.4 cm³/mol. The van der Waals surface area contributed by atoms with Crippen LogP contribution < -0.4 is 0 Å². The number of nitrogens with zero attached hydrogens (tertiary/aromatic N) is 4. The number of carbonyl (C=O) groups is 1. The minimum absolute atomic E-state index is 0.0798. The van der Waals surface area contributed by atoms with Crippen LogP contribution in [0.25, 0.3) is 0 Å². The van der Waals surface area contributed by atoms with E-state index in [1.165, 1.54) is 16.5 Å². The fourth-order valence-electron chi connectivity index (χ4n) is 1.60. The molecule has 1 saturated heterocycles. The van der Waals surface area contributed by atoms with E-state index >= 15 is 0 Å². The average Bonchev–Trinajstić information content (AvgIpc) is 3.11. The summed E-state index contributed by atoms with van der Waals surface area (Å²) in [6.07, 6.45) is -0.764. The van der Waals surface area contributed by atoms with Gasteiger partial charge >= 0.3 is 12.0 Å². The number of rotatable bonds is 4. The standard InChI is InChI=1S/C10H14N4O5/c1-12(2)10(15)19-4-6-8(7-5-18-7)11-9(13(6)3)14(16)17/h7H,4-5H2,1-3H3. The highest BCUT2D eigenvalue weighted by molar-refractivity contribution is 5.66. The van der Waals surface area contributed by atoms with Gasteiger partial charge in [-0.05, 0) is 4.92 Å². The van der Waals surface area contributed by atoms with Gasteiger partial charge in [0.1, 0.15) is 6.10 Å². The topological polar surface area (TPSA) is 103 Å². The largest absolute Gasteiger partial charge is 0.441 e. The molecule has 0 bridgehead atoms. The van der Waals surface area contributed by atoms with Crippen LogP contribution in [0, 0.1) is 10.1 Å². The summed E-state index contributed by atoms with van der Waals surface area (Å²) in [7, 11) is 4.62. The summed E-state index contributed by atoms with van der Waals surface area (Å²) >= 11 is 0. The van der Waals surface area contributed by atoms with E-state index < -0.39 is 11.0 Å². The van der Waals surface area contributed by atoms with Crippen molar-refractivity contribution in [1.82, 2.24) is 14.5 Å². The molecule has 2 rings (SSSR count). The maximum Gasteiger partial charge on any atom is 0.435 e. The van der Waals surface area contributed by atoms with Crippen LogP contribution in [0.2, 0.25) is 0 Å². The first-order chi connectivity index (χ1) is 8.91. The van der Waals surface area contributed by atoms with Crippen molar-refractivity contribution in [2.24, 2.45) is 7.05 Å². The quantitative estimate of drug-likeness (QED) is 0.451. The third-order valence-electron chi connectivity index (χ3n) is 2.72. The Morgan fingerprint density at radius 3 is 2.79 bits per heavy atom. The van der Waals surface area contributed by atoms with Crippen molar-refractivity contribution >= 4 is 12.0 Å². The molecule has 0 aliphatic carbocycles. The molecule has 1 aromatic heterocycles. The zero-order valence-corrected chi connectivity index (χ0v) is 10.8. The zero-order valence-electron chi connectivity index (χ0n) is 10.8. The van der Waals surface area contributed by atoms with Crippen molar-refractivity contribution in [2.75, 3.05) is 20.7 Å². The van der Waals surface area contributed by atoms with Gasteiger partial charge < -0.3 is 24.5 Å². The van der Waals surface area contributed by atoms with E-state index in [9.17, 15) is 14.9 Å². The third-order valence-corrected chi connectivity index (χ3v) is 2.72. The summed E-state index contributed by atoms with van der Waals surface area (Å²) in [5.41, 5.74) is 0.935. The lowest BCUT2D eigenvalue weighted by molar-refractivity contribution is -0.396. The van der Waals surface area contributed by atoms with Crippen molar-refractivity contribution in [1.29, 1.82) is 0 Å². The van der Waals surface area contributed by atoms with Crippen LogP contribution in [0.3, 0.4) is 0 Å². The molecule has 19 heavy (non-hydrogen) atoms. The number of hydrogen-bond acceptors (Lipinski definition) is 6. The van der Waals surface area contributed by atoms with E-state index in [1.54, 1.807) is 14.1 Å². The molecule has 0 N–H and O–H groups in total. The number of amides is 1. The van der Waals surface area contributed by atoms with Crippen LogP contribution in [0.4, 0.5) is 10.7 Å². The van der Waals surface area contributed by atoms with Gasteiger partial charge in [0, 0.05) is 14.1 Å². The van der Waals surface area contributed by atoms with Gasteiger partial charge in [0.05, 0.1) is 13.7 Å². The second-order valence-electron chi connectivity index (χ2n) is 4.33. The molecule has 104 valence electrons. The monoisotopic (exact) mass is 270 g/mol. The van der Waals surface area contributed by atoms with Gasteiger partial charge in [-0.1, -0.05) is 4.98 Å².